The Hall–Kier alpha value is -4.35. The normalized spacial score (nSPS) is 10.9. The molecular weight excluding hydrogens is 536 g/mol. The van der Waals surface area contributed by atoms with Gasteiger partial charge >= 0.3 is 0 Å². The van der Waals surface area contributed by atoms with E-state index in [-0.39, 0.29) is 28.0 Å². The monoisotopic (exact) mass is 558 g/mol. The number of amides is 1. The molecule has 3 aromatic carbocycles. The lowest BCUT2D eigenvalue weighted by molar-refractivity contribution is 0.0991. The highest BCUT2D eigenvalue weighted by molar-refractivity contribution is 7.92. The molecule has 0 saturated heterocycles. The SMILES string of the molecule is COc1cc(OC)c(NC(=O)c2ccc(Oc3cccc(NS(=O)(=O)c4ccc(Cl)cc4)c3)o2)c(OC)c1. The number of furan rings is 1. The number of nitrogens with one attached hydrogen (secondary N) is 2. The summed E-state index contributed by atoms with van der Waals surface area (Å²) in [7, 11) is 0.561. The van der Waals surface area contributed by atoms with E-state index in [4.69, 9.17) is 35.0 Å². The molecule has 1 heterocycles. The molecule has 10 nitrogen and oxygen atoms in total. The van der Waals surface area contributed by atoms with Gasteiger partial charge in [-0.25, -0.2) is 8.42 Å². The highest BCUT2D eigenvalue weighted by Gasteiger charge is 2.20. The number of hydrogen-bond acceptors (Lipinski definition) is 8. The van der Waals surface area contributed by atoms with Crippen molar-refractivity contribution in [2.24, 2.45) is 0 Å². The van der Waals surface area contributed by atoms with Gasteiger partial charge in [0.15, 0.2) is 5.76 Å². The average Bonchev–Trinajstić information content (AvgIpc) is 3.37. The van der Waals surface area contributed by atoms with Crippen LogP contribution >= 0.6 is 11.6 Å². The molecule has 0 atom stereocenters. The molecule has 0 spiro atoms. The predicted octanol–water partition coefficient (Wildman–Crippen LogP) is 5.80. The fourth-order valence-corrected chi connectivity index (χ4v) is 4.54. The molecule has 0 bridgehead atoms. The molecule has 0 radical (unpaired) electrons. The number of carbonyl (C=O) groups is 1. The van der Waals surface area contributed by atoms with Crippen molar-refractivity contribution < 1.29 is 36.6 Å². The van der Waals surface area contributed by atoms with Crippen molar-refractivity contribution >= 4 is 38.9 Å². The van der Waals surface area contributed by atoms with Crippen LogP contribution in [-0.4, -0.2) is 35.7 Å². The zero-order chi connectivity index (χ0) is 27.3. The fourth-order valence-electron chi connectivity index (χ4n) is 3.37. The third-order valence-electron chi connectivity index (χ3n) is 5.19. The third-order valence-corrected chi connectivity index (χ3v) is 6.84. The zero-order valence-electron chi connectivity index (χ0n) is 20.5. The lowest BCUT2D eigenvalue weighted by Gasteiger charge is -2.15. The number of halogens is 1. The third kappa shape index (κ3) is 6.13. The van der Waals surface area contributed by atoms with Gasteiger partial charge in [-0.05, 0) is 42.5 Å². The maximum absolute atomic E-state index is 12.8. The van der Waals surface area contributed by atoms with E-state index in [9.17, 15) is 13.2 Å². The number of sulfonamides is 1. The van der Waals surface area contributed by atoms with Crippen LogP contribution in [0.2, 0.25) is 5.02 Å². The molecule has 0 saturated carbocycles. The van der Waals surface area contributed by atoms with Crippen molar-refractivity contribution in [3.05, 3.63) is 83.6 Å². The zero-order valence-corrected chi connectivity index (χ0v) is 22.1. The average molecular weight is 559 g/mol. The standard InChI is InChI=1S/C26H23ClN2O8S/c1-33-19-14-22(34-2)25(23(15-19)35-3)28-26(30)21-11-12-24(37-21)36-18-6-4-5-17(13-18)29-38(31,32)20-9-7-16(27)8-10-20/h4-15,29H,1-3H3,(H,28,30). The van der Waals surface area contributed by atoms with Crippen LogP contribution in [0.5, 0.6) is 28.9 Å². The molecule has 1 aromatic heterocycles. The van der Waals surface area contributed by atoms with Crippen LogP contribution in [0.1, 0.15) is 10.6 Å². The Morgan fingerprint density at radius 1 is 0.842 bits per heavy atom. The van der Waals surface area contributed by atoms with Crippen molar-refractivity contribution in [2.45, 2.75) is 4.90 Å². The van der Waals surface area contributed by atoms with Gasteiger partial charge in [0, 0.05) is 29.3 Å². The summed E-state index contributed by atoms with van der Waals surface area (Å²) in [6, 6.07) is 18.1. The topological polar surface area (TPSA) is 125 Å². The Labute approximate surface area is 224 Å². The van der Waals surface area contributed by atoms with Gasteiger partial charge in [-0.1, -0.05) is 17.7 Å². The number of ether oxygens (including phenoxy) is 4. The van der Waals surface area contributed by atoms with E-state index in [0.717, 1.165) is 0 Å². The van der Waals surface area contributed by atoms with Gasteiger partial charge in [-0.3, -0.25) is 9.52 Å². The number of hydrogen-bond donors (Lipinski definition) is 2. The summed E-state index contributed by atoms with van der Waals surface area (Å²) in [5.41, 5.74) is 0.556. The van der Waals surface area contributed by atoms with Crippen molar-refractivity contribution in [3.8, 4) is 28.9 Å². The smallest absolute Gasteiger partial charge is 0.291 e. The number of anilines is 2. The summed E-state index contributed by atoms with van der Waals surface area (Å²) in [5, 5.41) is 3.13. The van der Waals surface area contributed by atoms with Crippen molar-refractivity contribution in [2.75, 3.05) is 31.4 Å². The lowest BCUT2D eigenvalue weighted by Crippen LogP contribution is -2.13. The number of carbonyl (C=O) groups excluding carboxylic acids is 1. The van der Waals surface area contributed by atoms with Crippen LogP contribution in [0.15, 0.2) is 82.1 Å². The first-order chi connectivity index (χ1) is 18.2. The molecular formula is C26H23ClN2O8S. The lowest BCUT2D eigenvalue weighted by atomic mass is 10.2. The minimum Gasteiger partial charge on any atom is -0.496 e. The molecule has 0 aliphatic heterocycles. The predicted molar refractivity (Wildman–Crippen MR) is 142 cm³/mol. The number of methoxy groups -OCH3 is 3. The Kier molecular flexibility index (Phi) is 7.99. The summed E-state index contributed by atoms with van der Waals surface area (Å²) < 4.78 is 54.9. The van der Waals surface area contributed by atoms with Crippen LogP contribution in [0.4, 0.5) is 11.4 Å². The first kappa shape index (κ1) is 26.7. The second-order valence-corrected chi connectivity index (χ2v) is 9.79. The maximum atomic E-state index is 12.8. The Balaban J connectivity index is 1.47. The Morgan fingerprint density at radius 2 is 1.53 bits per heavy atom. The highest BCUT2D eigenvalue weighted by Crippen LogP contribution is 2.39. The molecule has 0 unspecified atom stereocenters. The number of benzene rings is 3. The van der Waals surface area contributed by atoms with Crippen LogP contribution in [-0.2, 0) is 10.0 Å². The molecule has 198 valence electrons. The van der Waals surface area contributed by atoms with E-state index in [1.807, 2.05) is 0 Å². The molecule has 1 amide bonds. The molecule has 2 N–H and O–H groups in total. The Bertz CT molecular complexity index is 1530. The summed E-state index contributed by atoms with van der Waals surface area (Å²) >= 11 is 5.84. The minimum atomic E-state index is -3.84. The minimum absolute atomic E-state index is 0.0153. The number of rotatable bonds is 10. The van der Waals surface area contributed by atoms with Gasteiger partial charge in [0.2, 0.25) is 0 Å². The van der Waals surface area contributed by atoms with Crippen molar-refractivity contribution in [3.63, 3.8) is 0 Å². The van der Waals surface area contributed by atoms with Gasteiger partial charge in [-0.2, -0.15) is 0 Å². The molecule has 4 rings (SSSR count). The van der Waals surface area contributed by atoms with Crippen LogP contribution in [0, 0.1) is 0 Å². The van der Waals surface area contributed by atoms with Gasteiger partial charge in [0.05, 0.1) is 31.9 Å². The summed E-state index contributed by atoms with van der Waals surface area (Å²) in [5.74, 6) is 0.821. The fraction of sp³-hybridized carbons (Fsp3) is 0.115. The van der Waals surface area contributed by atoms with Crippen molar-refractivity contribution in [1.29, 1.82) is 0 Å². The second-order valence-electron chi connectivity index (χ2n) is 7.67. The van der Waals surface area contributed by atoms with Gasteiger partial charge in [0.25, 0.3) is 21.9 Å². The van der Waals surface area contributed by atoms with Crippen molar-refractivity contribution in [1.82, 2.24) is 0 Å². The quantitative estimate of drug-likeness (QED) is 0.250. The molecule has 0 aliphatic carbocycles. The van der Waals surface area contributed by atoms with Crippen LogP contribution in [0.3, 0.4) is 0 Å². The van der Waals surface area contributed by atoms with Gasteiger partial charge < -0.3 is 28.7 Å². The van der Waals surface area contributed by atoms with Crippen LogP contribution < -0.4 is 29.0 Å². The first-order valence-corrected chi connectivity index (χ1v) is 12.9. The van der Waals surface area contributed by atoms with Gasteiger partial charge in [0.1, 0.15) is 28.7 Å². The summed E-state index contributed by atoms with van der Waals surface area (Å²) in [4.78, 5) is 12.9. The van der Waals surface area contributed by atoms with E-state index in [1.54, 1.807) is 30.3 Å². The summed E-state index contributed by atoms with van der Waals surface area (Å²) in [6.07, 6.45) is 0. The molecule has 0 aliphatic rings. The second kappa shape index (κ2) is 11.4. The van der Waals surface area contributed by atoms with Crippen LogP contribution in [0.25, 0.3) is 0 Å². The van der Waals surface area contributed by atoms with E-state index < -0.39 is 15.9 Å². The van der Waals surface area contributed by atoms with E-state index >= 15 is 0 Å². The van der Waals surface area contributed by atoms with E-state index in [0.29, 0.717) is 28.0 Å². The van der Waals surface area contributed by atoms with E-state index in [1.165, 1.54) is 63.8 Å². The summed E-state index contributed by atoms with van der Waals surface area (Å²) in [6.45, 7) is 0. The highest BCUT2D eigenvalue weighted by atomic mass is 35.5. The first-order valence-electron chi connectivity index (χ1n) is 11.0. The molecule has 0 fully saturated rings. The molecule has 12 heteroatoms. The maximum Gasteiger partial charge on any atom is 0.291 e. The largest absolute Gasteiger partial charge is 0.496 e. The molecule has 38 heavy (non-hydrogen) atoms. The Morgan fingerprint density at radius 3 is 2.16 bits per heavy atom. The molecule has 4 aromatic rings. The van der Waals surface area contributed by atoms with E-state index in [2.05, 4.69) is 10.0 Å². The van der Waals surface area contributed by atoms with Gasteiger partial charge in [-0.15, -0.1) is 0 Å².